The Balaban J connectivity index is 2.17. The van der Waals surface area contributed by atoms with Crippen LogP contribution < -0.4 is 10.4 Å². The lowest BCUT2D eigenvalue weighted by atomic mass is 10.1. The van der Waals surface area contributed by atoms with Crippen molar-refractivity contribution in [1.29, 1.82) is 0 Å². The van der Waals surface area contributed by atoms with E-state index in [2.05, 4.69) is 72.1 Å². The SMILES string of the molecule is C1=C[Si]2(C=C1)c1ccccc1-c1ccccc12. The first kappa shape index (κ1) is 9.20. The van der Waals surface area contributed by atoms with Crippen LogP contribution in [0.15, 0.2) is 72.1 Å². The van der Waals surface area contributed by atoms with E-state index in [-0.39, 0.29) is 0 Å². The molecule has 2 aliphatic heterocycles. The smallest absolute Gasteiger partial charge is 0.0822 e. The van der Waals surface area contributed by atoms with Crippen LogP contribution in [0.1, 0.15) is 0 Å². The summed E-state index contributed by atoms with van der Waals surface area (Å²) in [4.78, 5) is 0. The Morgan fingerprint density at radius 3 is 1.59 bits per heavy atom. The molecule has 0 fully saturated rings. The molecular weight excluding hydrogens is 220 g/mol. The van der Waals surface area contributed by atoms with E-state index in [1.807, 2.05) is 0 Å². The second-order valence-electron chi connectivity index (χ2n) is 4.68. The molecule has 0 N–H and O–H groups in total. The zero-order valence-electron chi connectivity index (χ0n) is 9.43. The predicted molar refractivity (Wildman–Crippen MR) is 75.2 cm³/mol. The van der Waals surface area contributed by atoms with Crippen LogP contribution in [0.25, 0.3) is 11.1 Å². The second-order valence-corrected chi connectivity index (χ2v) is 8.16. The average molecular weight is 232 g/mol. The Morgan fingerprint density at radius 1 is 0.588 bits per heavy atom. The zero-order chi connectivity index (χ0) is 11.3. The molecule has 0 aromatic heterocycles. The van der Waals surface area contributed by atoms with Gasteiger partial charge in [0.1, 0.15) is 0 Å². The lowest BCUT2D eigenvalue weighted by Crippen LogP contribution is -2.51. The number of rotatable bonds is 0. The lowest BCUT2D eigenvalue weighted by Gasteiger charge is -2.19. The van der Waals surface area contributed by atoms with Crippen molar-refractivity contribution in [2.75, 3.05) is 0 Å². The molecule has 0 atom stereocenters. The molecule has 0 amide bonds. The van der Waals surface area contributed by atoms with E-state index in [1.54, 1.807) is 10.4 Å². The largest absolute Gasteiger partial charge is 0.166 e. The summed E-state index contributed by atoms with van der Waals surface area (Å²) in [6.07, 6.45) is 4.43. The van der Waals surface area contributed by atoms with Crippen molar-refractivity contribution >= 4 is 18.4 Å². The van der Waals surface area contributed by atoms with Gasteiger partial charge >= 0.3 is 0 Å². The normalized spacial score (nSPS) is 17.4. The molecule has 80 valence electrons. The van der Waals surface area contributed by atoms with E-state index in [9.17, 15) is 0 Å². The molecule has 1 heteroatoms. The topological polar surface area (TPSA) is 0 Å². The van der Waals surface area contributed by atoms with Crippen LogP contribution in [0.4, 0.5) is 0 Å². The van der Waals surface area contributed by atoms with E-state index in [0.29, 0.717) is 0 Å². The van der Waals surface area contributed by atoms with Gasteiger partial charge < -0.3 is 0 Å². The van der Waals surface area contributed by atoms with E-state index in [1.165, 1.54) is 11.1 Å². The van der Waals surface area contributed by atoms with Gasteiger partial charge in [-0.15, -0.1) is 0 Å². The minimum atomic E-state index is -1.67. The van der Waals surface area contributed by atoms with Gasteiger partial charge in [-0.25, -0.2) is 0 Å². The fraction of sp³-hybridized carbons (Fsp3) is 0. The molecule has 2 aromatic rings. The first-order valence-corrected chi connectivity index (χ1v) is 8.14. The van der Waals surface area contributed by atoms with Crippen molar-refractivity contribution in [3.63, 3.8) is 0 Å². The van der Waals surface area contributed by atoms with E-state index in [4.69, 9.17) is 0 Å². The maximum absolute atomic E-state index is 2.44. The third-order valence-electron chi connectivity index (χ3n) is 3.86. The minimum absolute atomic E-state index is 1.44. The van der Waals surface area contributed by atoms with Crippen molar-refractivity contribution in [2.24, 2.45) is 0 Å². The molecule has 2 aromatic carbocycles. The van der Waals surface area contributed by atoms with Gasteiger partial charge in [0.15, 0.2) is 8.07 Å². The Labute approximate surface area is 102 Å². The molecule has 0 unspecified atom stereocenters. The molecule has 17 heavy (non-hydrogen) atoms. The molecule has 0 saturated carbocycles. The molecule has 2 heterocycles. The monoisotopic (exact) mass is 232 g/mol. The third-order valence-corrected chi connectivity index (χ3v) is 7.96. The first-order valence-electron chi connectivity index (χ1n) is 5.98. The van der Waals surface area contributed by atoms with E-state index < -0.39 is 8.07 Å². The van der Waals surface area contributed by atoms with Crippen molar-refractivity contribution in [3.8, 4) is 11.1 Å². The van der Waals surface area contributed by atoms with Gasteiger partial charge in [-0.2, -0.15) is 0 Å². The Bertz CT molecular complexity index is 605. The van der Waals surface area contributed by atoms with Crippen molar-refractivity contribution < 1.29 is 0 Å². The number of benzene rings is 2. The lowest BCUT2D eigenvalue weighted by molar-refractivity contribution is 1.71. The van der Waals surface area contributed by atoms with Crippen LogP contribution in [0.2, 0.25) is 0 Å². The second kappa shape index (κ2) is 3.08. The number of hydrogen-bond donors (Lipinski definition) is 0. The summed E-state index contributed by atoms with van der Waals surface area (Å²) in [6, 6.07) is 17.8. The third kappa shape index (κ3) is 1.02. The highest BCUT2D eigenvalue weighted by Crippen LogP contribution is 2.30. The summed E-state index contributed by atoms with van der Waals surface area (Å²) in [6.45, 7) is 0. The summed E-state index contributed by atoms with van der Waals surface area (Å²) >= 11 is 0. The molecule has 4 rings (SSSR count). The highest BCUT2D eigenvalue weighted by Gasteiger charge is 2.42. The molecular formula is C16H12Si. The molecule has 0 nitrogen and oxygen atoms in total. The highest BCUT2D eigenvalue weighted by atomic mass is 28.3. The molecule has 1 spiro atoms. The highest BCUT2D eigenvalue weighted by molar-refractivity contribution is 7.12. The summed E-state index contributed by atoms with van der Waals surface area (Å²) in [5.41, 5.74) is 7.76. The van der Waals surface area contributed by atoms with Gasteiger partial charge in [0.2, 0.25) is 0 Å². The van der Waals surface area contributed by atoms with Gasteiger partial charge in [0, 0.05) is 0 Å². The van der Waals surface area contributed by atoms with Crippen molar-refractivity contribution in [3.05, 3.63) is 72.1 Å². The molecule has 0 bridgehead atoms. The number of allylic oxidation sites excluding steroid dienone is 2. The standard InChI is InChI=1S/C16H12Si/c1-3-9-15-13(7-1)14-8-2-4-10-16(14)17(15)11-5-6-12-17/h1-12H. The first-order chi connectivity index (χ1) is 8.42. The molecule has 0 radical (unpaired) electrons. The molecule has 2 aliphatic rings. The van der Waals surface area contributed by atoms with Gasteiger partial charge in [-0.3, -0.25) is 0 Å². The predicted octanol–water partition coefficient (Wildman–Crippen LogP) is 2.43. The Morgan fingerprint density at radius 2 is 1.06 bits per heavy atom. The van der Waals surface area contributed by atoms with Crippen LogP contribution in [0.3, 0.4) is 0 Å². The van der Waals surface area contributed by atoms with Crippen molar-refractivity contribution in [2.45, 2.75) is 0 Å². The fourth-order valence-electron chi connectivity index (χ4n) is 3.13. The zero-order valence-corrected chi connectivity index (χ0v) is 10.4. The summed E-state index contributed by atoms with van der Waals surface area (Å²) < 4.78 is 0. The van der Waals surface area contributed by atoms with Crippen LogP contribution in [0, 0.1) is 0 Å². The maximum atomic E-state index is 2.44. The maximum Gasteiger partial charge on any atom is 0.166 e. The van der Waals surface area contributed by atoms with E-state index >= 15 is 0 Å². The van der Waals surface area contributed by atoms with Gasteiger partial charge in [0.05, 0.1) is 0 Å². The van der Waals surface area contributed by atoms with Gasteiger partial charge in [-0.05, 0) is 21.5 Å². The molecule has 0 saturated heterocycles. The molecule has 0 aliphatic carbocycles. The Hall–Kier alpha value is -1.86. The van der Waals surface area contributed by atoms with Crippen LogP contribution in [0.5, 0.6) is 0 Å². The van der Waals surface area contributed by atoms with Crippen LogP contribution >= 0.6 is 0 Å². The van der Waals surface area contributed by atoms with Gasteiger partial charge in [0.25, 0.3) is 0 Å². The quantitative estimate of drug-likeness (QED) is 0.612. The minimum Gasteiger partial charge on any atom is -0.0822 e. The van der Waals surface area contributed by atoms with Crippen molar-refractivity contribution in [1.82, 2.24) is 0 Å². The van der Waals surface area contributed by atoms with Crippen LogP contribution in [-0.4, -0.2) is 8.07 Å². The average Bonchev–Trinajstić information content (AvgIpc) is 2.98. The van der Waals surface area contributed by atoms with E-state index in [0.717, 1.165) is 0 Å². The Kier molecular flexibility index (Phi) is 1.67. The summed E-state index contributed by atoms with van der Waals surface area (Å²) in [7, 11) is -1.67. The number of fused-ring (bicyclic) bond motifs is 5. The number of hydrogen-bond acceptors (Lipinski definition) is 0. The van der Waals surface area contributed by atoms with Crippen LogP contribution in [-0.2, 0) is 0 Å². The fourth-order valence-corrected chi connectivity index (χ4v) is 7.15. The summed E-state index contributed by atoms with van der Waals surface area (Å²) in [5.74, 6) is 0. The summed E-state index contributed by atoms with van der Waals surface area (Å²) in [5, 5.41) is 3.09. The van der Waals surface area contributed by atoms with Gasteiger partial charge in [-0.1, -0.05) is 72.1 Å².